The van der Waals surface area contributed by atoms with Crippen LogP contribution in [0, 0.1) is 6.92 Å². The molecule has 1 unspecified atom stereocenters. The Balaban J connectivity index is 1.84. The Morgan fingerprint density at radius 2 is 2.15 bits per heavy atom. The van der Waals surface area contributed by atoms with Gasteiger partial charge < -0.3 is 9.47 Å². The van der Waals surface area contributed by atoms with E-state index in [1.807, 2.05) is 19.1 Å². The maximum atomic E-state index is 11.5. The normalized spacial score (nSPS) is 17.6. The number of nitrogens with zero attached hydrogens (tertiary/aromatic N) is 3. The van der Waals surface area contributed by atoms with Gasteiger partial charge in [0.25, 0.3) is 0 Å². The van der Waals surface area contributed by atoms with E-state index in [-0.39, 0.29) is 11.8 Å². The first kappa shape index (κ1) is 12.8. The molecule has 20 heavy (non-hydrogen) atoms. The molecule has 0 saturated heterocycles. The van der Waals surface area contributed by atoms with Crippen LogP contribution >= 0.6 is 0 Å². The molecule has 0 amide bonds. The Morgan fingerprint density at radius 1 is 1.40 bits per heavy atom. The first-order valence-corrected chi connectivity index (χ1v) is 6.38. The minimum Gasteiger partial charge on any atom is -0.464 e. The van der Waals surface area contributed by atoms with E-state index >= 15 is 0 Å². The zero-order chi connectivity index (χ0) is 14.1. The highest BCUT2D eigenvalue weighted by molar-refractivity contribution is 5.88. The number of hydrogen-bond acceptors (Lipinski definition) is 5. The molecule has 1 atom stereocenters. The number of carbonyl (C=O) groups excluding carboxylic acids is 1. The number of carbonyl (C=O) groups is 1. The van der Waals surface area contributed by atoms with Crippen molar-refractivity contribution in [3.63, 3.8) is 0 Å². The van der Waals surface area contributed by atoms with Crippen LogP contribution in [0.25, 0.3) is 0 Å². The van der Waals surface area contributed by atoms with Crippen LogP contribution < -0.4 is 0 Å². The van der Waals surface area contributed by atoms with Crippen LogP contribution in [0.2, 0.25) is 0 Å². The van der Waals surface area contributed by atoms with E-state index in [0.717, 1.165) is 5.56 Å². The van der Waals surface area contributed by atoms with Crippen LogP contribution in [0.5, 0.6) is 0 Å². The van der Waals surface area contributed by atoms with Gasteiger partial charge in [-0.05, 0) is 12.5 Å². The van der Waals surface area contributed by atoms with E-state index < -0.39 is 5.97 Å². The van der Waals surface area contributed by atoms with Crippen molar-refractivity contribution in [1.29, 1.82) is 0 Å². The Bertz CT molecular complexity index is 634. The summed E-state index contributed by atoms with van der Waals surface area (Å²) in [6.07, 6.45) is -0.0738. The number of methoxy groups -OCH3 is 1. The van der Waals surface area contributed by atoms with Gasteiger partial charge in [-0.1, -0.05) is 35.0 Å². The Morgan fingerprint density at radius 3 is 2.85 bits per heavy atom. The smallest absolute Gasteiger partial charge is 0.360 e. The molecule has 0 N–H and O–H groups in total. The van der Waals surface area contributed by atoms with Gasteiger partial charge >= 0.3 is 5.97 Å². The van der Waals surface area contributed by atoms with Crippen molar-refractivity contribution < 1.29 is 14.3 Å². The van der Waals surface area contributed by atoms with Gasteiger partial charge in [0.1, 0.15) is 6.10 Å². The van der Waals surface area contributed by atoms with Crippen LogP contribution in [0.4, 0.5) is 0 Å². The third kappa shape index (κ3) is 2.18. The molecule has 6 heteroatoms. The number of ether oxygens (including phenoxy) is 2. The number of esters is 1. The molecule has 1 aromatic heterocycles. The van der Waals surface area contributed by atoms with Gasteiger partial charge in [0.2, 0.25) is 0 Å². The zero-order valence-electron chi connectivity index (χ0n) is 11.4. The Labute approximate surface area is 116 Å². The maximum absolute atomic E-state index is 11.5. The summed E-state index contributed by atoms with van der Waals surface area (Å²) in [6, 6.07) is 8.19. The van der Waals surface area contributed by atoms with E-state index in [9.17, 15) is 4.79 Å². The molecule has 0 saturated carbocycles. The fourth-order valence-electron chi connectivity index (χ4n) is 2.25. The first-order valence-electron chi connectivity index (χ1n) is 6.38. The highest BCUT2D eigenvalue weighted by atomic mass is 16.5. The topological polar surface area (TPSA) is 66.2 Å². The van der Waals surface area contributed by atoms with Crippen LogP contribution in [0.3, 0.4) is 0 Å². The number of aryl methyl sites for hydroxylation is 1. The predicted octanol–water partition coefficient (Wildman–Crippen LogP) is 1.64. The largest absolute Gasteiger partial charge is 0.464 e. The molecule has 6 nitrogen and oxygen atoms in total. The summed E-state index contributed by atoms with van der Waals surface area (Å²) in [5.74, 6) is -0.483. The van der Waals surface area contributed by atoms with E-state index in [1.54, 1.807) is 4.68 Å². The van der Waals surface area contributed by atoms with Crippen molar-refractivity contribution in [2.24, 2.45) is 0 Å². The number of hydrogen-bond donors (Lipinski definition) is 0. The van der Waals surface area contributed by atoms with Crippen molar-refractivity contribution in [2.75, 3.05) is 7.11 Å². The second-order valence-corrected chi connectivity index (χ2v) is 4.77. The molecule has 1 aliphatic heterocycles. The summed E-state index contributed by atoms with van der Waals surface area (Å²) in [4.78, 5) is 11.5. The minimum absolute atomic E-state index is 0.0738. The molecule has 0 spiro atoms. The molecule has 3 rings (SSSR count). The Kier molecular flexibility index (Phi) is 3.23. The first-order chi connectivity index (χ1) is 9.69. The van der Waals surface area contributed by atoms with Gasteiger partial charge in [-0.25, -0.2) is 9.48 Å². The van der Waals surface area contributed by atoms with E-state index in [2.05, 4.69) is 27.2 Å². The van der Waals surface area contributed by atoms with E-state index in [0.29, 0.717) is 18.8 Å². The monoisotopic (exact) mass is 273 g/mol. The van der Waals surface area contributed by atoms with Crippen LogP contribution in [-0.2, 0) is 22.6 Å². The van der Waals surface area contributed by atoms with Crippen molar-refractivity contribution >= 4 is 5.97 Å². The van der Waals surface area contributed by atoms with Gasteiger partial charge in [0.15, 0.2) is 5.69 Å². The molecular weight excluding hydrogens is 258 g/mol. The molecule has 1 aromatic carbocycles. The molecule has 0 fully saturated rings. The number of aromatic nitrogens is 3. The summed E-state index contributed by atoms with van der Waals surface area (Å²) in [6.45, 7) is 2.89. The molecule has 104 valence electrons. The Hall–Kier alpha value is -2.21. The molecular formula is C14H15N3O3. The van der Waals surface area contributed by atoms with Gasteiger partial charge in [-0.2, -0.15) is 0 Å². The summed E-state index contributed by atoms with van der Waals surface area (Å²) >= 11 is 0. The third-order valence-electron chi connectivity index (χ3n) is 3.43. The summed E-state index contributed by atoms with van der Waals surface area (Å²) in [5, 5.41) is 7.87. The van der Waals surface area contributed by atoms with Gasteiger partial charge in [-0.3, -0.25) is 0 Å². The SMILES string of the molecule is COC(=O)c1nnn2c1COC(c1ccc(C)cc1)C2. The van der Waals surface area contributed by atoms with Crippen LogP contribution in [-0.4, -0.2) is 28.1 Å². The second-order valence-electron chi connectivity index (χ2n) is 4.77. The fraction of sp³-hybridized carbons (Fsp3) is 0.357. The van der Waals surface area contributed by atoms with E-state index in [1.165, 1.54) is 12.7 Å². The number of rotatable bonds is 2. The number of benzene rings is 1. The second kappa shape index (κ2) is 5.05. The number of fused-ring (bicyclic) bond motifs is 1. The molecule has 1 aliphatic rings. The standard InChI is InChI=1S/C14H15N3O3/c1-9-3-5-10(6-4-9)12-7-17-11(8-20-12)13(15-16-17)14(18)19-2/h3-6,12H,7-8H2,1-2H3. The lowest BCUT2D eigenvalue weighted by molar-refractivity contribution is -0.00220. The summed E-state index contributed by atoms with van der Waals surface area (Å²) in [7, 11) is 1.33. The average Bonchev–Trinajstić information content (AvgIpc) is 2.90. The predicted molar refractivity (Wildman–Crippen MR) is 70.1 cm³/mol. The lowest BCUT2D eigenvalue weighted by Gasteiger charge is -2.24. The van der Waals surface area contributed by atoms with Gasteiger partial charge in [0, 0.05) is 0 Å². The molecule has 2 heterocycles. The lowest BCUT2D eigenvalue weighted by Crippen LogP contribution is -2.23. The molecule has 0 aliphatic carbocycles. The van der Waals surface area contributed by atoms with Crippen LogP contribution in [0.1, 0.15) is 33.4 Å². The molecule has 0 bridgehead atoms. The van der Waals surface area contributed by atoms with Gasteiger partial charge in [0.05, 0.1) is 26.0 Å². The highest BCUT2D eigenvalue weighted by Gasteiger charge is 2.27. The van der Waals surface area contributed by atoms with Gasteiger partial charge in [-0.15, -0.1) is 5.10 Å². The van der Waals surface area contributed by atoms with Crippen molar-refractivity contribution in [1.82, 2.24) is 15.0 Å². The highest BCUT2D eigenvalue weighted by Crippen LogP contribution is 2.27. The maximum Gasteiger partial charge on any atom is 0.360 e. The molecule has 2 aromatic rings. The van der Waals surface area contributed by atoms with Crippen molar-refractivity contribution in [3.05, 3.63) is 46.8 Å². The minimum atomic E-state index is -0.483. The zero-order valence-corrected chi connectivity index (χ0v) is 11.4. The fourth-order valence-corrected chi connectivity index (χ4v) is 2.25. The summed E-state index contributed by atoms with van der Waals surface area (Å²) < 4.78 is 12.2. The van der Waals surface area contributed by atoms with Crippen molar-refractivity contribution in [2.45, 2.75) is 26.2 Å². The van der Waals surface area contributed by atoms with Crippen LogP contribution in [0.15, 0.2) is 24.3 Å². The van der Waals surface area contributed by atoms with E-state index in [4.69, 9.17) is 4.74 Å². The lowest BCUT2D eigenvalue weighted by atomic mass is 10.1. The average molecular weight is 273 g/mol. The third-order valence-corrected chi connectivity index (χ3v) is 3.43. The molecule has 0 radical (unpaired) electrons. The van der Waals surface area contributed by atoms with Crippen molar-refractivity contribution in [3.8, 4) is 0 Å². The summed E-state index contributed by atoms with van der Waals surface area (Å²) in [5.41, 5.74) is 3.20. The quantitative estimate of drug-likeness (QED) is 0.778.